The predicted octanol–water partition coefficient (Wildman–Crippen LogP) is -0.830. The topological polar surface area (TPSA) is 287 Å². The Hall–Kier alpha value is -1.14. The molecule has 3 saturated heterocycles. The molecule has 25 atom stereocenters. The van der Waals surface area contributed by atoms with Crippen molar-refractivity contribution in [1.29, 1.82) is 0 Å². The van der Waals surface area contributed by atoms with Crippen LogP contribution in [0.3, 0.4) is 0 Å². The molecule has 4 aliphatic carbocycles. The zero-order valence-corrected chi connectivity index (χ0v) is 37.0. The van der Waals surface area contributed by atoms with E-state index in [0.29, 0.717) is 29.6 Å². The Labute approximate surface area is 369 Å². The first-order chi connectivity index (χ1) is 29.9. The van der Waals surface area contributed by atoms with Crippen molar-refractivity contribution in [1.82, 2.24) is 0 Å². The summed E-state index contributed by atoms with van der Waals surface area (Å²) in [7, 11) is 0. The number of ether oxygens (including phenoxy) is 7. The maximum absolute atomic E-state index is 11.2. The first kappa shape index (κ1) is 48.3. The van der Waals surface area contributed by atoms with Crippen LogP contribution in [0.15, 0.2) is 11.3 Å². The van der Waals surface area contributed by atoms with Gasteiger partial charge in [-0.2, -0.15) is 0 Å². The van der Waals surface area contributed by atoms with Crippen molar-refractivity contribution in [2.75, 3.05) is 26.4 Å². The van der Waals surface area contributed by atoms with Crippen LogP contribution in [0, 0.1) is 46.3 Å². The highest BCUT2D eigenvalue weighted by atomic mass is 16.8. The molecule has 0 aromatic rings. The molecule has 4 aliphatic heterocycles. The van der Waals surface area contributed by atoms with Crippen molar-refractivity contribution >= 4 is 0 Å². The molecule has 4 saturated carbocycles. The fraction of sp³-hybridized carbons (Fsp3) is 0.956. The van der Waals surface area contributed by atoms with Crippen molar-refractivity contribution in [2.45, 2.75) is 196 Å². The van der Waals surface area contributed by atoms with Crippen LogP contribution >= 0.6 is 0 Å². The lowest BCUT2D eigenvalue weighted by molar-refractivity contribution is -0.373. The van der Waals surface area contributed by atoms with Gasteiger partial charge in [-0.15, -0.1) is 0 Å². The summed E-state index contributed by atoms with van der Waals surface area (Å²) in [5, 5.41) is 113. The first-order valence-electron chi connectivity index (χ1n) is 23.5. The summed E-state index contributed by atoms with van der Waals surface area (Å²) in [6, 6.07) is 0. The lowest BCUT2D eigenvalue weighted by atomic mass is 9.44. The molecule has 11 N–H and O–H groups in total. The molecule has 18 nitrogen and oxygen atoms in total. The molecule has 0 spiro atoms. The molecule has 8 aliphatic rings. The van der Waals surface area contributed by atoms with E-state index in [-0.39, 0.29) is 35.6 Å². The number of aliphatic hydroxyl groups is 11. The zero-order valence-electron chi connectivity index (χ0n) is 37.0. The minimum atomic E-state index is -1.74. The van der Waals surface area contributed by atoms with Crippen LogP contribution in [0.5, 0.6) is 0 Å². The molecule has 18 heteroatoms. The van der Waals surface area contributed by atoms with Crippen LogP contribution in [-0.2, 0) is 33.2 Å². The number of hydrogen-bond donors (Lipinski definition) is 11. The van der Waals surface area contributed by atoms with Gasteiger partial charge >= 0.3 is 0 Å². The molecular formula is C45H74O18. The molecule has 0 aromatic heterocycles. The van der Waals surface area contributed by atoms with Gasteiger partial charge in [0.15, 0.2) is 18.9 Å². The first-order valence-corrected chi connectivity index (χ1v) is 23.5. The van der Waals surface area contributed by atoms with E-state index in [9.17, 15) is 56.2 Å². The summed E-state index contributed by atoms with van der Waals surface area (Å²) in [6.45, 7) is 7.74. The standard InChI is InChI=1S/C45H74O18/c1-19(18-57-41-38(55)35(52)32(49)28(15-46)60-41)5-8-26-20(2)31-27(59-26)14-25-23-7-6-21-13-22(9-11-44(21,3)24(23)10-12-45(25,31)4)58-43-40(37(54)34(51)30(17-48)62-43)63-42-39(56)36(53)33(50)29(16-47)61-42/h19,21-25,27-43,46-56H,5-18H2,1-4H3/t19?,21-,22+,23-,24+,25+,27+,28-,29-,30-,31+,32-,33-,34+,35+,36+,37+,38-,39-,40-,41-,42+,43-,44+,45+/m1/s1. The molecule has 0 aromatic carbocycles. The third-order valence-electron chi connectivity index (χ3n) is 17.4. The van der Waals surface area contributed by atoms with Gasteiger partial charge in [0.2, 0.25) is 0 Å². The van der Waals surface area contributed by atoms with Gasteiger partial charge in [-0.3, -0.25) is 0 Å². The van der Waals surface area contributed by atoms with Crippen LogP contribution in [0.4, 0.5) is 0 Å². The van der Waals surface area contributed by atoms with E-state index in [1.54, 1.807) is 0 Å². The molecule has 1 unspecified atom stereocenters. The summed E-state index contributed by atoms with van der Waals surface area (Å²) in [6.07, 6.45) is -12.1. The van der Waals surface area contributed by atoms with Crippen LogP contribution in [0.1, 0.15) is 91.9 Å². The Morgan fingerprint density at radius 1 is 0.635 bits per heavy atom. The van der Waals surface area contributed by atoms with Gasteiger partial charge in [-0.05, 0) is 111 Å². The second-order valence-electron chi connectivity index (χ2n) is 20.9. The number of rotatable bonds is 13. The molecule has 7 fully saturated rings. The Morgan fingerprint density at radius 3 is 1.87 bits per heavy atom. The Balaban J connectivity index is 0.872. The third kappa shape index (κ3) is 8.68. The average molecular weight is 903 g/mol. The minimum absolute atomic E-state index is 0.0928. The van der Waals surface area contributed by atoms with Gasteiger partial charge in [0, 0.05) is 12.3 Å². The van der Waals surface area contributed by atoms with Gasteiger partial charge in [0.1, 0.15) is 79.4 Å². The number of aliphatic hydroxyl groups excluding tert-OH is 11. The number of hydrogen-bond acceptors (Lipinski definition) is 18. The highest BCUT2D eigenvalue weighted by Gasteiger charge is 2.65. The Morgan fingerprint density at radius 2 is 1.22 bits per heavy atom. The molecule has 362 valence electrons. The molecule has 0 radical (unpaired) electrons. The molecule has 63 heavy (non-hydrogen) atoms. The van der Waals surface area contributed by atoms with Gasteiger partial charge in [0.05, 0.1) is 38.3 Å². The van der Waals surface area contributed by atoms with E-state index >= 15 is 0 Å². The van der Waals surface area contributed by atoms with E-state index in [4.69, 9.17) is 33.2 Å². The number of allylic oxidation sites excluding steroid dienone is 1. The van der Waals surface area contributed by atoms with Crippen molar-refractivity contribution in [3.8, 4) is 0 Å². The van der Waals surface area contributed by atoms with Crippen molar-refractivity contribution in [3.05, 3.63) is 11.3 Å². The quantitative estimate of drug-likeness (QED) is 0.101. The van der Waals surface area contributed by atoms with Crippen LogP contribution in [0.25, 0.3) is 0 Å². The highest BCUT2D eigenvalue weighted by Crippen LogP contribution is 2.70. The SMILES string of the molecule is CC1=C(CCC(C)CO[C@@H]2O[C@H](CO)[C@@H](O)[C@H](O)[C@H]2O)O[C@H]2C[C@H]3[C@@H]4CC[C@@H]5C[C@@H](O[C@@H]6O[C@H](CO)[C@H](O)[C@H](O)[C@H]6O[C@@H]6O[C@H](CO)[C@@H](O)[C@H](O)[C@H]6O)CC[C@]5(C)[C@H]4CC[C@]3(C)[C@@H]12. The van der Waals surface area contributed by atoms with E-state index in [0.717, 1.165) is 70.0 Å². The summed E-state index contributed by atoms with van der Waals surface area (Å²) in [5.74, 6) is 3.56. The van der Waals surface area contributed by atoms with Crippen LogP contribution in [-0.4, -0.2) is 187 Å². The van der Waals surface area contributed by atoms with Crippen molar-refractivity contribution < 1.29 is 89.3 Å². The summed E-state index contributed by atoms with van der Waals surface area (Å²) in [5.41, 5.74) is 1.57. The van der Waals surface area contributed by atoms with Crippen LogP contribution in [0.2, 0.25) is 0 Å². The third-order valence-corrected chi connectivity index (χ3v) is 17.4. The lowest BCUT2D eigenvalue weighted by Crippen LogP contribution is -2.65. The largest absolute Gasteiger partial charge is 0.494 e. The maximum atomic E-state index is 11.2. The normalized spacial score (nSPS) is 52.7. The number of fused-ring (bicyclic) bond motifs is 7. The molecule has 8 rings (SSSR count). The second kappa shape index (κ2) is 19.1. The average Bonchev–Trinajstić information content (AvgIpc) is 3.76. The van der Waals surface area contributed by atoms with Crippen molar-refractivity contribution in [2.24, 2.45) is 46.3 Å². The van der Waals surface area contributed by atoms with E-state index < -0.39 is 112 Å². The van der Waals surface area contributed by atoms with Gasteiger partial charge in [0.25, 0.3) is 0 Å². The fourth-order valence-electron chi connectivity index (χ4n) is 13.7. The van der Waals surface area contributed by atoms with Gasteiger partial charge in [-0.25, -0.2) is 0 Å². The summed E-state index contributed by atoms with van der Waals surface area (Å²) >= 11 is 0. The predicted molar refractivity (Wildman–Crippen MR) is 218 cm³/mol. The smallest absolute Gasteiger partial charge is 0.187 e. The highest BCUT2D eigenvalue weighted by molar-refractivity contribution is 5.26. The van der Waals surface area contributed by atoms with E-state index in [1.165, 1.54) is 5.57 Å². The van der Waals surface area contributed by atoms with Gasteiger partial charge in [-0.1, -0.05) is 20.8 Å². The second-order valence-corrected chi connectivity index (χ2v) is 20.9. The monoisotopic (exact) mass is 902 g/mol. The molecule has 4 heterocycles. The zero-order chi connectivity index (χ0) is 45.3. The summed E-state index contributed by atoms with van der Waals surface area (Å²) in [4.78, 5) is 0. The molecule has 0 amide bonds. The molecule has 0 bridgehead atoms. The lowest BCUT2D eigenvalue weighted by Gasteiger charge is -2.61. The van der Waals surface area contributed by atoms with Crippen LogP contribution < -0.4 is 0 Å². The maximum Gasteiger partial charge on any atom is 0.187 e. The summed E-state index contributed by atoms with van der Waals surface area (Å²) < 4.78 is 42.2. The van der Waals surface area contributed by atoms with Gasteiger partial charge < -0.3 is 89.3 Å². The fourth-order valence-corrected chi connectivity index (χ4v) is 13.7. The Bertz CT molecular complexity index is 1580. The minimum Gasteiger partial charge on any atom is -0.494 e. The van der Waals surface area contributed by atoms with E-state index in [1.807, 2.05) is 0 Å². The Kier molecular flexibility index (Phi) is 14.6. The van der Waals surface area contributed by atoms with E-state index in [2.05, 4.69) is 27.7 Å². The van der Waals surface area contributed by atoms with Crippen molar-refractivity contribution in [3.63, 3.8) is 0 Å². The molecular weight excluding hydrogens is 828 g/mol.